The average molecular weight is 188 g/mol. The molecule has 0 aromatic carbocycles. The van der Waals surface area contributed by atoms with Crippen molar-refractivity contribution in [1.29, 1.82) is 0 Å². The van der Waals surface area contributed by atoms with Crippen LogP contribution in [-0.2, 0) is 0 Å². The lowest BCUT2D eigenvalue weighted by molar-refractivity contribution is 0.108. The third kappa shape index (κ3) is 3.20. The fraction of sp³-hybridized carbons (Fsp3) is 0.875. The van der Waals surface area contributed by atoms with Crippen molar-refractivity contribution >= 4 is 6.03 Å². The topological polar surface area (TPSA) is 61.6 Å². The molecule has 0 aromatic heterocycles. The summed E-state index contributed by atoms with van der Waals surface area (Å²) in [6.45, 7) is 7.57. The van der Waals surface area contributed by atoms with E-state index in [0.29, 0.717) is 0 Å². The number of hydrazine groups is 2. The summed E-state index contributed by atoms with van der Waals surface area (Å²) in [5.74, 6) is 5.58. The molecular formula is C8H20N4O. The number of hydrogen-bond acceptors (Lipinski definition) is 3. The van der Waals surface area contributed by atoms with Crippen molar-refractivity contribution in [3.05, 3.63) is 0 Å². The lowest BCUT2D eigenvalue weighted by Crippen LogP contribution is -2.56. The molecular weight excluding hydrogens is 168 g/mol. The van der Waals surface area contributed by atoms with E-state index in [1.54, 1.807) is 7.05 Å². The molecule has 0 rings (SSSR count). The Morgan fingerprint density at radius 3 is 1.92 bits per heavy atom. The third-order valence-corrected chi connectivity index (χ3v) is 1.74. The number of nitrogens with one attached hydrogen (secondary N) is 1. The zero-order valence-corrected chi connectivity index (χ0v) is 9.03. The predicted octanol–water partition coefficient (Wildman–Crippen LogP) is 0.535. The first-order valence-electron chi connectivity index (χ1n) is 4.46. The Kier molecular flexibility index (Phi) is 4.72. The minimum atomic E-state index is -0.215. The Balaban J connectivity index is 4.37. The summed E-state index contributed by atoms with van der Waals surface area (Å²) >= 11 is 0. The van der Waals surface area contributed by atoms with Gasteiger partial charge in [0.05, 0.1) is 0 Å². The lowest BCUT2D eigenvalue weighted by atomic mass is 10.3. The van der Waals surface area contributed by atoms with E-state index < -0.39 is 0 Å². The number of amides is 2. The molecule has 0 atom stereocenters. The molecule has 0 radical (unpaired) electrons. The van der Waals surface area contributed by atoms with E-state index in [0.717, 1.165) is 0 Å². The second-order valence-corrected chi connectivity index (χ2v) is 3.47. The molecule has 0 spiro atoms. The highest BCUT2D eigenvalue weighted by atomic mass is 16.2. The van der Waals surface area contributed by atoms with Crippen LogP contribution in [0.5, 0.6) is 0 Å². The van der Waals surface area contributed by atoms with Gasteiger partial charge >= 0.3 is 6.03 Å². The SMILES string of the molecule is CNN(C(=O)N(N)C(C)C)C(C)C. The summed E-state index contributed by atoms with van der Waals surface area (Å²) in [5.41, 5.74) is 2.80. The van der Waals surface area contributed by atoms with Gasteiger partial charge in [-0.15, -0.1) is 0 Å². The van der Waals surface area contributed by atoms with E-state index in [1.165, 1.54) is 10.0 Å². The van der Waals surface area contributed by atoms with Crippen LogP contribution in [0.1, 0.15) is 27.7 Å². The van der Waals surface area contributed by atoms with Crippen molar-refractivity contribution in [2.45, 2.75) is 39.8 Å². The van der Waals surface area contributed by atoms with E-state index in [2.05, 4.69) is 5.43 Å². The van der Waals surface area contributed by atoms with E-state index in [9.17, 15) is 4.79 Å². The standard InChI is InChI=1S/C8H20N4O/c1-6(2)11(9)8(13)12(10-5)7(3)4/h6-7,10H,9H2,1-5H3. The number of hydrogen-bond donors (Lipinski definition) is 2. The summed E-state index contributed by atoms with van der Waals surface area (Å²) in [4.78, 5) is 11.6. The molecule has 0 aliphatic heterocycles. The molecule has 0 fully saturated rings. The van der Waals surface area contributed by atoms with Crippen LogP contribution in [0.25, 0.3) is 0 Å². The molecule has 3 N–H and O–H groups in total. The van der Waals surface area contributed by atoms with E-state index in [-0.39, 0.29) is 18.1 Å². The van der Waals surface area contributed by atoms with Crippen LogP contribution in [0, 0.1) is 0 Å². The second-order valence-electron chi connectivity index (χ2n) is 3.47. The fourth-order valence-corrected chi connectivity index (χ4v) is 0.920. The second kappa shape index (κ2) is 5.04. The number of nitrogens with zero attached hydrogens (tertiary/aromatic N) is 2. The largest absolute Gasteiger partial charge is 0.348 e. The maximum atomic E-state index is 11.6. The van der Waals surface area contributed by atoms with E-state index in [1.807, 2.05) is 27.7 Å². The Morgan fingerprint density at radius 2 is 1.69 bits per heavy atom. The fourth-order valence-electron chi connectivity index (χ4n) is 0.920. The monoisotopic (exact) mass is 188 g/mol. The third-order valence-electron chi connectivity index (χ3n) is 1.74. The van der Waals surface area contributed by atoms with Crippen LogP contribution in [0.15, 0.2) is 0 Å². The highest BCUT2D eigenvalue weighted by Gasteiger charge is 2.21. The quantitative estimate of drug-likeness (QED) is 0.386. The summed E-state index contributed by atoms with van der Waals surface area (Å²) in [5, 5.41) is 2.69. The van der Waals surface area contributed by atoms with Gasteiger partial charge < -0.3 is 0 Å². The van der Waals surface area contributed by atoms with Gasteiger partial charge in [0, 0.05) is 19.1 Å². The van der Waals surface area contributed by atoms with Gasteiger partial charge in [-0.1, -0.05) is 0 Å². The van der Waals surface area contributed by atoms with Crippen molar-refractivity contribution in [2.75, 3.05) is 7.05 Å². The van der Waals surface area contributed by atoms with Gasteiger partial charge in [0.2, 0.25) is 0 Å². The molecule has 0 saturated heterocycles. The molecule has 5 nitrogen and oxygen atoms in total. The first-order chi connectivity index (χ1) is 5.91. The molecule has 78 valence electrons. The first kappa shape index (κ1) is 12.2. The Morgan fingerprint density at radius 1 is 1.23 bits per heavy atom. The van der Waals surface area contributed by atoms with Crippen LogP contribution in [0.3, 0.4) is 0 Å². The smallest absolute Gasteiger partial charge is 0.259 e. The summed E-state index contributed by atoms with van der Waals surface area (Å²) in [6.07, 6.45) is 0. The molecule has 0 aliphatic carbocycles. The Labute approximate surface area is 79.8 Å². The summed E-state index contributed by atoms with van der Waals surface area (Å²) < 4.78 is 0. The molecule has 2 amide bonds. The van der Waals surface area contributed by atoms with Crippen LogP contribution in [0.2, 0.25) is 0 Å². The molecule has 0 aromatic rings. The molecule has 0 saturated carbocycles. The maximum absolute atomic E-state index is 11.6. The number of carbonyl (C=O) groups excluding carboxylic acids is 1. The average Bonchev–Trinajstić information content (AvgIpc) is 2.03. The first-order valence-corrected chi connectivity index (χ1v) is 4.46. The molecule has 0 aliphatic rings. The van der Waals surface area contributed by atoms with Crippen molar-refractivity contribution < 1.29 is 4.79 Å². The van der Waals surface area contributed by atoms with Crippen molar-refractivity contribution in [2.24, 2.45) is 5.84 Å². The van der Waals surface area contributed by atoms with Crippen LogP contribution >= 0.6 is 0 Å². The number of urea groups is 1. The van der Waals surface area contributed by atoms with Crippen molar-refractivity contribution in [3.8, 4) is 0 Å². The van der Waals surface area contributed by atoms with Gasteiger partial charge in [-0.2, -0.15) is 0 Å². The van der Waals surface area contributed by atoms with E-state index >= 15 is 0 Å². The van der Waals surface area contributed by atoms with Gasteiger partial charge in [-0.05, 0) is 27.7 Å². The van der Waals surface area contributed by atoms with Gasteiger partial charge in [0.15, 0.2) is 0 Å². The number of carbonyl (C=O) groups is 1. The van der Waals surface area contributed by atoms with E-state index in [4.69, 9.17) is 5.84 Å². The minimum absolute atomic E-state index is 0.00194. The van der Waals surface area contributed by atoms with Crippen molar-refractivity contribution in [1.82, 2.24) is 15.4 Å². The van der Waals surface area contributed by atoms with Gasteiger partial charge in [-0.25, -0.2) is 16.1 Å². The molecule has 0 heterocycles. The zero-order chi connectivity index (χ0) is 10.6. The molecule has 5 heteroatoms. The number of rotatable bonds is 3. The highest BCUT2D eigenvalue weighted by molar-refractivity contribution is 5.73. The van der Waals surface area contributed by atoms with Crippen molar-refractivity contribution in [3.63, 3.8) is 0 Å². The summed E-state index contributed by atoms with van der Waals surface area (Å²) in [7, 11) is 1.70. The van der Waals surface area contributed by atoms with Gasteiger partial charge in [0.25, 0.3) is 0 Å². The van der Waals surface area contributed by atoms with Crippen LogP contribution in [-0.4, -0.2) is 35.2 Å². The normalized spacial score (nSPS) is 10.8. The Hall–Kier alpha value is -0.810. The molecule has 13 heavy (non-hydrogen) atoms. The minimum Gasteiger partial charge on any atom is -0.259 e. The van der Waals surface area contributed by atoms with Gasteiger partial charge in [-0.3, -0.25) is 10.0 Å². The highest BCUT2D eigenvalue weighted by Crippen LogP contribution is 2.00. The maximum Gasteiger partial charge on any atom is 0.348 e. The Bertz CT molecular complexity index is 170. The predicted molar refractivity (Wildman–Crippen MR) is 52.6 cm³/mol. The summed E-state index contributed by atoms with van der Waals surface area (Å²) in [6, 6.07) is -0.128. The van der Waals surface area contributed by atoms with Gasteiger partial charge in [0.1, 0.15) is 0 Å². The lowest BCUT2D eigenvalue weighted by Gasteiger charge is -2.31. The zero-order valence-electron chi connectivity index (χ0n) is 9.03. The van der Waals surface area contributed by atoms with Crippen LogP contribution in [0.4, 0.5) is 4.79 Å². The molecule has 0 bridgehead atoms. The van der Waals surface area contributed by atoms with Crippen LogP contribution < -0.4 is 11.3 Å². The molecule has 0 unspecified atom stereocenters. The number of nitrogens with two attached hydrogens (primary N) is 1.